The van der Waals surface area contributed by atoms with E-state index in [-0.39, 0.29) is 24.4 Å². The number of carbonyl (C=O) groups excluding carboxylic acids is 2. The molecule has 0 amide bonds. The minimum absolute atomic E-state index is 0.101. The number of aldehydes is 1. The first-order valence-corrected chi connectivity index (χ1v) is 9.23. The molecular weight excluding hydrogens is 320 g/mol. The van der Waals surface area contributed by atoms with E-state index in [2.05, 4.69) is 0 Å². The maximum Gasteiger partial charge on any atom is 0.314 e. The summed E-state index contributed by atoms with van der Waals surface area (Å²) >= 11 is 0. The van der Waals surface area contributed by atoms with E-state index in [1.54, 1.807) is 24.3 Å². The first-order valence-electron chi connectivity index (χ1n) is 9.23. The van der Waals surface area contributed by atoms with E-state index in [1.165, 1.54) is 0 Å². The van der Waals surface area contributed by atoms with E-state index in [1.807, 2.05) is 0 Å². The van der Waals surface area contributed by atoms with Gasteiger partial charge in [-0.1, -0.05) is 6.42 Å². The molecule has 1 aromatic rings. The molecule has 138 valence electrons. The molecule has 0 atom stereocenters. The first kappa shape index (κ1) is 19.4. The zero-order chi connectivity index (χ0) is 17.9. The van der Waals surface area contributed by atoms with Crippen molar-refractivity contribution in [3.63, 3.8) is 0 Å². The zero-order valence-corrected chi connectivity index (χ0v) is 14.7. The smallest absolute Gasteiger partial charge is 0.314 e. The van der Waals surface area contributed by atoms with E-state index < -0.39 is 0 Å². The molecule has 0 unspecified atom stereocenters. The summed E-state index contributed by atoms with van der Waals surface area (Å²) in [6, 6.07) is 7.10. The van der Waals surface area contributed by atoms with Gasteiger partial charge in [0, 0.05) is 12.5 Å². The number of hydrogen-bond acceptors (Lipinski definition) is 5. The van der Waals surface area contributed by atoms with Crippen LogP contribution in [0.25, 0.3) is 0 Å². The van der Waals surface area contributed by atoms with Crippen LogP contribution in [0.15, 0.2) is 24.3 Å². The Kier molecular flexibility index (Phi) is 8.46. The summed E-state index contributed by atoms with van der Waals surface area (Å²) in [7, 11) is 0. The molecule has 5 heteroatoms. The summed E-state index contributed by atoms with van der Waals surface area (Å²) in [5.74, 6) is 1.07. The van der Waals surface area contributed by atoms with Gasteiger partial charge in [-0.25, -0.2) is 0 Å². The first-order chi connectivity index (χ1) is 12.2. The number of esters is 1. The number of ether oxygens (including phenoxy) is 2. The van der Waals surface area contributed by atoms with Gasteiger partial charge in [0.15, 0.2) is 0 Å². The average molecular weight is 348 g/mol. The Labute approximate surface area is 149 Å². The van der Waals surface area contributed by atoms with E-state index in [0.29, 0.717) is 12.4 Å². The summed E-state index contributed by atoms with van der Waals surface area (Å²) in [6.07, 6.45) is 7.85. The molecule has 0 spiro atoms. The van der Waals surface area contributed by atoms with Gasteiger partial charge in [0.25, 0.3) is 0 Å². The Bertz CT molecular complexity index is 517. The van der Waals surface area contributed by atoms with Crippen LogP contribution in [-0.4, -0.2) is 30.6 Å². The molecule has 1 fully saturated rings. The minimum Gasteiger partial charge on any atom is -0.494 e. The number of benzene rings is 1. The fourth-order valence-electron chi connectivity index (χ4n) is 3.05. The molecule has 1 aromatic carbocycles. The summed E-state index contributed by atoms with van der Waals surface area (Å²) in [5, 5.41) is 8.71. The van der Waals surface area contributed by atoms with Crippen molar-refractivity contribution in [2.75, 3.05) is 13.2 Å². The van der Waals surface area contributed by atoms with Gasteiger partial charge < -0.3 is 19.4 Å². The second kappa shape index (κ2) is 10.9. The third-order valence-corrected chi connectivity index (χ3v) is 4.66. The van der Waals surface area contributed by atoms with Crippen molar-refractivity contribution in [3.05, 3.63) is 24.3 Å². The van der Waals surface area contributed by atoms with Gasteiger partial charge >= 0.3 is 5.97 Å². The van der Waals surface area contributed by atoms with Crippen LogP contribution in [0.4, 0.5) is 0 Å². The third kappa shape index (κ3) is 6.86. The van der Waals surface area contributed by atoms with E-state index in [0.717, 1.165) is 63.4 Å². The molecule has 0 aromatic heterocycles. The molecule has 0 heterocycles. The van der Waals surface area contributed by atoms with Gasteiger partial charge in [-0.2, -0.15) is 0 Å². The maximum absolute atomic E-state index is 12.2. The molecule has 1 saturated carbocycles. The number of carbonyl (C=O) groups is 2. The number of aliphatic hydroxyl groups excluding tert-OH is 1. The van der Waals surface area contributed by atoms with Crippen LogP contribution in [0.2, 0.25) is 0 Å². The van der Waals surface area contributed by atoms with Crippen LogP contribution in [-0.2, 0) is 9.59 Å². The molecule has 1 N–H and O–H groups in total. The topological polar surface area (TPSA) is 72.8 Å². The highest BCUT2D eigenvalue weighted by Gasteiger charge is 2.27. The highest BCUT2D eigenvalue weighted by Crippen LogP contribution is 2.29. The van der Waals surface area contributed by atoms with Crippen LogP contribution in [0.3, 0.4) is 0 Å². The largest absolute Gasteiger partial charge is 0.494 e. The van der Waals surface area contributed by atoms with E-state index in [9.17, 15) is 9.59 Å². The third-order valence-electron chi connectivity index (χ3n) is 4.66. The lowest BCUT2D eigenvalue weighted by atomic mass is 9.83. The molecule has 2 rings (SSSR count). The Balaban J connectivity index is 1.69. The number of unbranched alkanes of at least 4 members (excludes halogenated alkanes) is 3. The SMILES string of the molecule is O=CC1CCC(C(=O)Oc2ccc(OCCCCCCO)cc2)CC1. The predicted octanol–water partition coefficient (Wildman–Crippen LogP) is 3.53. The minimum atomic E-state index is -0.207. The Morgan fingerprint density at radius 3 is 2.28 bits per heavy atom. The lowest BCUT2D eigenvalue weighted by Crippen LogP contribution is -2.26. The number of hydrogen-bond donors (Lipinski definition) is 1. The van der Waals surface area contributed by atoms with Gasteiger partial charge in [0.2, 0.25) is 0 Å². The van der Waals surface area contributed by atoms with Crippen molar-refractivity contribution in [3.8, 4) is 11.5 Å². The van der Waals surface area contributed by atoms with Crippen LogP contribution < -0.4 is 9.47 Å². The summed E-state index contributed by atoms with van der Waals surface area (Å²) < 4.78 is 11.1. The lowest BCUT2D eigenvalue weighted by molar-refractivity contribution is -0.140. The second-order valence-corrected chi connectivity index (χ2v) is 6.63. The normalized spacial score (nSPS) is 20.0. The Hall–Kier alpha value is -1.88. The van der Waals surface area contributed by atoms with Crippen LogP contribution in [0, 0.1) is 11.8 Å². The summed E-state index contributed by atoms with van der Waals surface area (Å²) in [4.78, 5) is 22.9. The van der Waals surface area contributed by atoms with Crippen LogP contribution in [0.5, 0.6) is 11.5 Å². The summed E-state index contributed by atoms with van der Waals surface area (Å²) in [6.45, 7) is 0.893. The van der Waals surface area contributed by atoms with Crippen molar-refractivity contribution in [1.82, 2.24) is 0 Å². The lowest BCUT2D eigenvalue weighted by Gasteiger charge is -2.23. The van der Waals surface area contributed by atoms with Crippen molar-refractivity contribution >= 4 is 12.3 Å². The quantitative estimate of drug-likeness (QED) is 0.303. The Morgan fingerprint density at radius 1 is 1.00 bits per heavy atom. The van der Waals surface area contributed by atoms with Crippen molar-refractivity contribution < 1.29 is 24.2 Å². The van der Waals surface area contributed by atoms with Crippen molar-refractivity contribution in [2.45, 2.75) is 51.4 Å². The fraction of sp³-hybridized carbons (Fsp3) is 0.600. The van der Waals surface area contributed by atoms with Crippen LogP contribution in [0.1, 0.15) is 51.4 Å². The maximum atomic E-state index is 12.2. The molecular formula is C20H28O5. The number of aliphatic hydroxyl groups is 1. The molecule has 0 aliphatic heterocycles. The highest BCUT2D eigenvalue weighted by molar-refractivity contribution is 5.75. The Morgan fingerprint density at radius 2 is 1.64 bits per heavy atom. The van der Waals surface area contributed by atoms with Gasteiger partial charge in [0.1, 0.15) is 17.8 Å². The molecule has 0 radical (unpaired) electrons. The zero-order valence-electron chi connectivity index (χ0n) is 14.7. The molecule has 0 bridgehead atoms. The van der Waals surface area contributed by atoms with Gasteiger partial charge in [-0.05, 0) is 69.2 Å². The fourth-order valence-corrected chi connectivity index (χ4v) is 3.05. The average Bonchev–Trinajstić information content (AvgIpc) is 2.66. The van der Waals surface area contributed by atoms with Crippen LogP contribution >= 0.6 is 0 Å². The molecule has 0 saturated heterocycles. The highest BCUT2D eigenvalue weighted by atomic mass is 16.5. The number of rotatable bonds is 10. The van der Waals surface area contributed by atoms with E-state index in [4.69, 9.17) is 14.6 Å². The molecule has 1 aliphatic carbocycles. The standard InChI is InChI=1S/C20H28O5/c21-13-3-1-2-4-14-24-18-9-11-19(12-10-18)25-20(23)17-7-5-16(15-22)6-8-17/h9-12,15-17,21H,1-8,13-14H2. The van der Waals surface area contributed by atoms with Gasteiger partial charge in [0.05, 0.1) is 12.5 Å². The molecule has 5 nitrogen and oxygen atoms in total. The monoisotopic (exact) mass is 348 g/mol. The van der Waals surface area contributed by atoms with Gasteiger partial charge in [-0.3, -0.25) is 4.79 Å². The molecule has 25 heavy (non-hydrogen) atoms. The molecule has 1 aliphatic rings. The predicted molar refractivity (Wildman–Crippen MR) is 94.6 cm³/mol. The van der Waals surface area contributed by atoms with Crippen molar-refractivity contribution in [2.24, 2.45) is 11.8 Å². The summed E-state index contributed by atoms with van der Waals surface area (Å²) in [5.41, 5.74) is 0. The van der Waals surface area contributed by atoms with E-state index >= 15 is 0 Å². The van der Waals surface area contributed by atoms with Crippen molar-refractivity contribution in [1.29, 1.82) is 0 Å². The van der Waals surface area contributed by atoms with Gasteiger partial charge in [-0.15, -0.1) is 0 Å². The second-order valence-electron chi connectivity index (χ2n) is 6.63.